The average Bonchev–Trinajstić information content (AvgIpc) is 2.23. The van der Waals surface area contributed by atoms with Gasteiger partial charge in [0, 0.05) is 12.1 Å². The van der Waals surface area contributed by atoms with E-state index in [4.69, 9.17) is 5.73 Å². The van der Waals surface area contributed by atoms with Crippen LogP contribution in [-0.2, 0) is 6.54 Å². The van der Waals surface area contributed by atoms with Crippen molar-refractivity contribution in [2.24, 2.45) is 5.73 Å². The predicted octanol–water partition coefficient (Wildman–Crippen LogP) is 2.05. The van der Waals surface area contributed by atoms with Crippen LogP contribution in [0.4, 0.5) is 0 Å². The summed E-state index contributed by atoms with van der Waals surface area (Å²) < 4.78 is 0. The zero-order valence-electron chi connectivity index (χ0n) is 9.21. The molecule has 0 aliphatic heterocycles. The summed E-state index contributed by atoms with van der Waals surface area (Å²) in [5.74, 6) is 0. The van der Waals surface area contributed by atoms with Crippen molar-refractivity contribution in [3.05, 3.63) is 35.9 Å². The van der Waals surface area contributed by atoms with E-state index in [9.17, 15) is 0 Å². The van der Waals surface area contributed by atoms with Gasteiger partial charge in [0.15, 0.2) is 0 Å². The molecule has 1 aliphatic rings. The van der Waals surface area contributed by atoms with Crippen LogP contribution in [0.15, 0.2) is 30.3 Å². The molecule has 0 bridgehead atoms. The lowest BCUT2D eigenvalue weighted by molar-refractivity contribution is 0.229. The third kappa shape index (κ3) is 3.05. The van der Waals surface area contributed by atoms with Crippen molar-refractivity contribution < 1.29 is 0 Å². The minimum absolute atomic E-state index is 0.156. The van der Waals surface area contributed by atoms with Gasteiger partial charge in [-0.3, -0.25) is 0 Å². The van der Waals surface area contributed by atoms with Gasteiger partial charge in [-0.05, 0) is 37.8 Å². The number of rotatable bonds is 5. The maximum Gasteiger partial charge on any atom is 0.0205 e. The highest BCUT2D eigenvalue weighted by Gasteiger charge is 2.31. The molecule has 2 rings (SSSR count). The van der Waals surface area contributed by atoms with E-state index in [0.717, 1.165) is 19.5 Å². The van der Waals surface area contributed by atoms with Crippen molar-refractivity contribution >= 4 is 0 Å². The topological polar surface area (TPSA) is 38.0 Å². The number of nitrogens with one attached hydrogen (secondary N) is 1. The zero-order chi connectivity index (χ0) is 10.6. The highest BCUT2D eigenvalue weighted by atomic mass is 14.9. The highest BCUT2D eigenvalue weighted by molar-refractivity contribution is 5.14. The number of hydrogen-bond acceptors (Lipinski definition) is 2. The molecule has 0 amide bonds. The van der Waals surface area contributed by atoms with Crippen molar-refractivity contribution in [3.63, 3.8) is 0 Å². The van der Waals surface area contributed by atoms with Gasteiger partial charge in [-0.1, -0.05) is 30.3 Å². The number of hydrogen-bond donors (Lipinski definition) is 2. The molecule has 0 atom stereocenters. The molecule has 0 heterocycles. The van der Waals surface area contributed by atoms with Crippen LogP contribution in [-0.4, -0.2) is 12.1 Å². The normalized spacial score (nSPS) is 18.5. The second-order valence-electron chi connectivity index (χ2n) is 4.63. The van der Waals surface area contributed by atoms with Crippen LogP contribution < -0.4 is 11.1 Å². The summed E-state index contributed by atoms with van der Waals surface area (Å²) in [6.45, 7) is 1.99. The van der Waals surface area contributed by atoms with Crippen LogP contribution in [0.1, 0.15) is 31.2 Å². The molecule has 2 nitrogen and oxygen atoms in total. The fourth-order valence-corrected chi connectivity index (χ4v) is 2.05. The molecule has 15 heavy (non-hydrogen) atoms. The molecule has 3 N–H and O–H groups in total. The van der Waals surface area contributed by atoms with Crippen molar-refractivity contribution in [1.29, 1.82) is 0 Å². The van der Waals surface area contributed by atoms with Crippen molar-refractivity contribution in [2.45, 2.75) is 37.8 Å². The summed E-state index contributed by atoms with van der Waals surface area (Å²) >= 11 is 0. The minimum atomic E-state index is 0.156. The highest BCUT2D eigenvalue weighted by Crippen LogP contribution is 2.31. The summed E-state index contributed by atoms with van der Waals surface area (Å²) in [6, 6.07) is 10.5. The van der Waals surface area contributed by atoms with E-state index in [-0.39, 0.29) is 5.54 Å². The van der Waals surface area contributed by atoms with Crippen molar-refractivity contribution in [3.8, 4) is 0 Å². The lowest BCUT2D eigenvalue weighted by Crippen LogP contribution is -2.48. The van der Waals surface area contributed by atoms with Crippen LogP contribution in [0.3, 0.4) is 0 Å². The quantitative estimate of drug-likeness (QED) is 0.720. The Balaban J connectivity index is 1.63. The molecular formula is C13H20N2. The van der Waals surface area contributed by atoms with E-state index in [0.29, 0.717) is 0 Å². The molecule has 0 aromatic heterocycles. The zero-order valence-corrected chi connectivity index (χ0v) is 9.21. The van der Waals surface area contributed by atoms with Crippen LogP contribution in [0.25, 0.3) is 0 Å². The molecule has 0 saturated heterocycles. The minimum Gasteiger partial charge on any atom is -0.325 e. The SMILES string of the molecule is NC1(CCNCc2ccccc2)CCC1. The molecule has 82 valence electrons. The van der Waals surface area contributed by atoms with Crippen molar-refractivity contribution in [1.82, 2.24) is 5.32 Å². The first-order valence-corrected chi connectivity index (χ1v) is 5.82. The van der Waals surface area contributed by atoms with Crippen molar-refractivity contribution in [2.75, 3.05) is 6.54 Å². The molecule has 1 aromatic carbocycles. The Bertz CT molecular complexity index is 291. The average molecular weight is 204 g/mol. The second-order valence-corrected chi connectivity index (χ2v) is 4.63. The summed E-state index contributed by atoms with van der Waals surface area (Å²) in [6.07, 6.45) is 4.84. The molecule has 1 fully saturated rings. The third-order valence-corrected chi connectivity index (χ3v) is 3.32. The monoisotopic (exact) mass is 204 g/mol. The maximum atomic E-state index is 6.14. The van der Waals surface area contributed by atoms with Gasteiger partial charge in [0.25, 0.3) is 0 Å². The van der Waals surface area contributed by atoms with E-state index in [1.165, 1.54) is 24.8 Å². The van der Waals surface area contributed by atoms with Gasteiger partial charge < -0.3 is 11.1 Å². The van der Waals surface area contributed by atoms with E-state index >= 15 is 0 Å². The predicted molar refractivity (Wildman–Crippen MR) is 63.5 cm³/mol. The summed E-state index contributed by atoms with van der Waals surface area (Å²) in [5, 5.41) is 3.45. The van der Waals surface area contributed by atoms with Gasteiger partial charge in [-0.2, -0.15) is 0 Å². The van der Waals surface area contributed by atoms with Gasteiger partial charge in [-0.25, -0.2) is 0 Å². The van der Waals surface area contributed by atoms with Gasteiger partial charge in [0.2, 0.25) is 0 Å². The lowest BCUT2D eigenvalue weighted by Gasteiger charge is -2.38. The molecule has 2 heteroatoms. The lowest BCUT2D eigenvalue weighted by atomic mass is 9.75. The van der Waals surface area contributed by atoms with Gasteiger partial charge in [0.05, 0.1) is 0 Å². The van der Waals surface area contributed by atoms with E-state index in [2.05, 4.69) is 29.6 Å². The third-order valence-electron chi connectivity index (χ3n) is 3.32. The standard InChI is InChI=1S/C13H20N2/c14-13(7-4-8-13)9-10-15-11-12-5-2-1-3-6-12/h1-3,5-6,15H,4,7-11,14H2. The fourth-order valence-electron chi connectivity index (χ4n) is 2.05. The largest absolute Gasteiger partial charge is 0.325 e. The van der Waals surface area contributed by atoms with E-state index in [1.54, 1.807) is 0 Å². The first-order chi connectivity index (χ1) is 7.29. The number of nitrogens with two attached hydrogens (primary N) is 1. The number of benzene rings is 1. The Morgan fingerprint density at radius 2 is 1.93 bits per heavy atom. The smallest absolute Gasteiger partial charge is 0.0205 e. The van der Waals surface area contributed by atoms with Crippen LogP contribution in [0.2, 0.25) is 0 Å². The molecule has 1 aromatic rings. The molecule has 0 unspecified atom stereocenters. The van der Waals surface area contributed by atoms with Gasteiger partial charge >= 0.3 is 0 Å². The summed E-state index contributed by atoms with van der Waals surface area (Å²) in [7, 11) is 0. The fraction of sp³-hybridized carbons (Fsp3) is 0.538. The molecular weight excluding hydrogens is 184 g/mol. The van der Waals surface area contributed by atoms with Gasteiger partial charge in [0.1, 0.15) is 0 Å². The summed E-state index contributed by atoms with van der Waals surface area (Å²) in [5.41, 5.74) is 7.64. The molecule has 1 aliphatic carbocycles. The molecule has 1 saturated carbocycles. The van der Waals surface area contributed by atoms with E-state index in [1.807, 2.05) is 6.07 Å². The Hall–Kier alpha value is -0.860. The Morgan fingerprint density at radius 1 is 1.20 bits per heavy atom. The Morgan fingerprint density at radius 3 is 2.53 bits per heavy atom. The molecule has 0 spiro atoms. The Labute approximate surface area is 91.9 Å². The first kappa shape index (κ1) is 10.7. The Kier molecular flexibility index (Phi) is 3.39. The first-order valence-electron chi connectivity index (χ1n) is 5.82. The molecule has 0 radical (unpaired) electrons. The van der Waals surface area contributed by atoms with Crippen LogP contribution in [0, 0.1) is 0 Å². The second kappa shape index (κ2) is 4.77. The summed E-state index contributed by atoms with van der Waals surface area (Å²) in [4.78, 5) is 0. The van der Waals surface area contributed by atoms with Crippen LogP contribution in [0.5, 0.6) is 0 Å². The van der Waals surface area contributed by atoms with Gasteiger partial charge in [-0.15, -0.1) is 0 Å². The van der Waals surface area contributed by atoms with Crippen LogP contribution >= 0.6 is 0 Å². The maximum absolute atomic E-state index is 6.14. The van der Waals surface area contributed by atoms with E-state index < -0.39 is 0 Å².